The number of aromatic nitrogens is 2. The first kappa shape index (κ1) is 18.0. The molecule has 0 radical (unpaired) electrons. The molecule has 3 aliphatic rings. The molecule has 2 aliphatic heterocycles. The van der Waals surface area contributed by atoms with E-state index in [1.165, 1.54) is 43.4 Å². The summed E-state index contributed by atoms with van der Waals surface area (Å²) in [5, 5.41) is 10.8. The number of piperazine rings is 1. The molecule has 4 rings (SSSR count). The Balaban J connectivity index is 1.46. The molecule has 3 fully saturated rings. The van der Waals surface area contributed by atoms with Gasteiger partial charge in [-0.2, -0.15) is 5.10 Å². The van der Waals surface area contributed by atoms with Gasteiger partial charge in [-0.3, -0.25) is 19.7 Å². The van der Waals surface area contributed by atoms with Gasteiger partial charge in [0, 0.05) is 61.9 Å². The Morgan fingerprint density at radius 2 is 2.08 bits per heavy atom. The van der Waals surface area contributed by atoms with Crippen molar-refractivity contribution in [2.24, 2.45) is 0 Å². The molecule has 6 heteroatoms. The molecule has 6 nitrogen and oxygen atoms in total. The number of hydrogen-bond donors (Lipinski definition) is 2. The van der Waals surface area contributed by atoms with E-state index >= 15 is 0 Å². The second-order valence-electron chi connectivity index (χ2n) is 8.60. The lowest BCUT2D eigenvalue weighted by molar-refractivity contribution is -0.121. The maximum Gasteiger partial charge on any atom is 0.220 e. The van der Waals surface area contributed by atoms with E-state index in [2.05, 4.69) is 32.4 Å². The first-order valence-corrected chi connectivity index (χ1v) is 10.4. The molecule has 0 unspecified atom stereocenters. The number of nitrogens with zero attached hydrogens (tertiary/aromatic N) is 3. The smallest absolute Gasteiger partial charge is 0.220 e. The fraction of sp³-hybridized carbons (Fsp3) is 0.800. The van der Waals surface area contributed by atoms with E-state index in [1.54, 1.807) is 0 Å². The number of rotatable bonds is 3. The van der Waals surface area contributed by atoms with Gasteiger partial charge in [-0.15, -0.1) is 0 Å². The number of nitrogens with one attached hydrogen (secondary N) is 2. The maximum atomic E-state index is 11.8. The van der Waals surface area contributed by atoms with Crippen LogP contribution in [0.2, 0.25) is 0 Å². The molecule has 1 amide bonds. The molecule has 1 saturated carbocycles. The summed E-state index contributed by atoms with van der Waals surface area (Å²) in [5.74, 6) is 0.879. The third-order valence-electron chi connectivity index (χ3n) is 6.97. The molecule has 0 bridgehead atoms. The summed E-state index contributed by atoms with van der Waals surface area (Å²) in [7, 11) is 2.23. The minimum absolute atomic E-state index is 0.131. The van der Waals surface area contributed by atoms with Gasteiger partial charge in [0.05, 0.1) is 6.20 Å². The highest BCUT2D eigenvalue weighted by Crippen LogP contribution is 2.35. The van der Waals surface area contributed by atoms with Crippen molar-refractivity contribution in [2.75, 3.05) is 33.2 Å². The molecule has 3 heterocycles. The van der Waals surface area contributed by atoms with Crippen molar-refractivity contribution >= 4 is 5.91 Å². The van der Waals surface area contributed by atoms with Crippen LogP contribution in [-0.4, -0.2) is 64.7 Å². The van der Waals surface area contributed by atoms with Gasteiger partial charge < -0.3 is 5.32 Å². The zero-order valence-electron chi connectivity index (χ0n) is 16.1. The highest BCUT2D eigenvalue weighted by atomic mass is 16.1. The summed E-state index contributed by atoms with van der Waals surface area (Å²) >= 11 is 0. The molecule has 1 aliphatic carbocycles. The second kappa shape index (κ2) is 7.69. The third kappa shape index (κ3) is 3.67. The third-order valence-corrected chi connectivity index (χ3v) is 6.97. The Hall–Kier alpha value is -1.40. The lowest BCUT2D eigenvalue weighted by Gasteiger charge is -2.49. The second-order valence-corrected chi connectivity index (χ2v) is 8.60. The Morgan fingerprint density at radius 1 is 1.23 bits per heavy atom. The summed E-state index contributed by atoms with van der Waals surface area (Å²) in [6.45, 7) is 5.00. The van der Waals surface area contributed by atoms with Gasteiger partial charge in [0.1, 0.15) is 0 Å². The lowest BCUT2D eigenvalue weighted by Crippen LogP contribution is -2.60. The van der Waals surface area contributed by atoms with Crippen LogP contribution in [-0.2, 0) is 11.3 Å². The number of likely N-dealkylation sites (N-methyl/N-ethyl adjacent to an activating group) is 1. The van der Waals surface area contributed by atoms with Crippen LogP contribution in [0.15, 0.2) is 6.20 Å². The first-order valence-electron chi connectivity index (χ1n) is 10.4. The van der Waals surface area contributed by atoms with Crippen molar-refractivity contribution in [3.63, 3.8) is 0 Å². The van der Waals surface area contributed by atoms with E-state index in [0.29, 0.717) is 12.3 Å². The van der Waals surface area contributed by atoms with Crippen molar-refractivity contribution in [3.05, 3.63) is 17.5 Å². The molecule has 1 aromatic rings. The van der Waals surface area contributed by atoms with Crippen molar-refractivity contribution < 1.29 is 4.79 Å². The quantitative estimate of drug-likeness (QED) is 0.869. The summed E-state index contributed by atoms with van der Waals surface area (Å²) in [4.78, 5) is 16.9. The van der Waals surface area contributed by atoms with Crippen LogP contribution in [0.25, 0.3) is 0 Å². The van der Waals surface area contributed by atoms with Gasteiger partial charge in [0.15, 0.2) is 0 Å². The minimum atomic E-state index is 0.131. The van der Waals surface area contributed by atoms with Gasteiger partial charge in [-0.1, -0.05) is 19.3 Å². The molecule has 1 spiro atoms. The van der Waals surface area contributed by atoms with E-state index in [-0.39, 0.29) is 11.4 Å². The van der Waals surface area contributed by atoms with Gasteiger partial charge in [0.25, 0.3) is 0 Å². The van der Waals surface area contributed by atoms with Gasteiger partial charge in [-0.25, -0.2) is 0 Å². The Labute approximate surface area is 156 Å². The van der Waals surface area contributed by atoms with Gasteiger partial charge in [0.2, 0.25) is 5.91 Å². The van der Waals surface area contributed by atoms with E-state index in [1.807, 2.05) is 6.20 Å². The average molecular weight is 360 g/mol. The summed E-state index contributed by atoms with van der Waals surface area (Å²) in [5.41, 5.74) is 2.90. The van der Waals surface area contributed by atoms with E-state index in [0.717, 1.165) is 45.6 Å². The van der Waals surface area contributed by atoms with Crippen LogP contribution in [0.1, 0.15) is 68.5 Å². The monoisotopic (exact) mass is 359 g/mol. The first-order chi connectivity index (χ1) is 12.7. The van der Waals surface area contributed by atoms with Crippen molar-refractivity contribution in [1.82, 2.24) is 25.3 Å². The van der Waals surface area contributed by atoms with Crippen molar-refractivity contribution in [2.45, 2.75) is 69.4 Å². The molecule has 144 valence electrons. The lowest BCUT2D eigenvalue weighted by atomic mass is 9.84. The van der Waals surface area contributed by atoms with E-state index < -0.39 is 0 Å². The van der Waals surface area contributed by atoms with Crippen molar-refractivity contribution in [3.8, 4) is 0 Å². The predicted molar refractivity (Wildman–Crippen MR) is 102 cm³/mol. The van der Waals surface area contributed by atoms with Crippen LogP contribution in [0.3, 0.4) is 0 Å². The largest absolute Gasteiger partial charge is 0.356 e. The number of amides is 1. The Kier molecular flexibility index (Phi) is 5.32. The van der Waals surface area contributed by atoms with Gasteiger partial charge >= 0.3 is 0 Å². The average Bonchev–Trinajstić information content (AvgIpc) is 3.03. The zero-order valence-corrected chi connectivity index (χ0v) is 16.1. The number of carbonyl (C=O) groups is 1. The normalized spacial score (nSPS) is 29.7. The van der Waals surface area contributed by atoms with Crippen molar-refractivity contribution in [1.29, 1.82) is 0 Å². The number of aromatic amines is 1. The maximum absolute atomic E-state index is 11.8. The molecule has 2 saturated heterocycles. The zero-order chi connectivity index (χ0) is 18.0. The van der Waals surface area contributed by atoms with Crippen LogP contribution in [0.5, 0.6) is 0 Å². The number of H-pyrrole nitrogens is 1. The highest BCUT2D eigenvalue weighted by molar-refractivity contribution is 5.76. The topological polar surface area (TPSA) is 64.3 Å². The van der Waals surface area contributed by atoms with Crippen LogP contribution >= 0.6 is 0 Å². The molecule has 0 aromatic carbocycles. The standard InChI is InChI=1S/C20H33N5O/c1-24-11-12-25(15-20(24)8-7-18(26)21-10-9-20)14-17-13-22-23-19(17)16-5-3-2-4-6-16/h13,16H,2-12,14-15H2,1H3,(H,21,26)(H,22,23)/t20-/m0/s1. The van der Waals surface area contributed by atoms with E-state index in [4.69, 9.17) is 0 Å². The minimum Gasteiger partial charge on any atom is -0.356 e. The summed E-state index contributed by atoms with van der Waals surface area (Å²) in [6.07, 6.45) is 11.4. The SMILES string of the molecule is CN1CCN(Cc2cn[nH]c2C2CCCCC2)C[C@]12CCNC(=O)CC2. The Morgan fingerprint density at radius 3 is 2.92 bits per heavy atom. The number of hydrogen-bond acceptors (Lipinski definition) is 4. The summed E-state index contributed by atoms with van der Waals surface area (Å²) < 4.78 is 0. The molecular weight excluding hydrogens is 326 g/mol. The van der Waals surface area contributed by atoms with Gasteiger partial charge in [-0.05, 0) is 32.7 Å². The Bertz CT molecular complexity index is 623. The number of carbonyl (C=O) groups excluding carboxylic acids is 1. The molecule has 2 N–H and O–H groups in total. The summed E-state index contributed by atoms with van der Waals surface area (Å²) in [6, 6.07) is 0. The highest BCUT2D eigenvalue weighted by Gasteiger charge is 2.41. The molecule has 1 aromatic heterocycles. The van der Waals surface area contributed by atoms with E-state index in [9.17, 15) is 4.79 Å². The predicted octanol–water partition coefficient (Wildman–Crippen LogP) is 2.24. The van der Waals surface area contributed by atoms with Crippen LogP contribution < -0.4 is 5.32 Å². The fourth-order valence-corrected chi connectivity index (χ4v) is 5.25. The van der Waals surface area contributed by atoms with Crippen LogP contribution in [0, 0.1) is 0 Å². The molecule has 1 atom stereocenters. The fourth-order valence-electron chi connectivity index (χ4n) is 5.25. The molecular formula is C20H33N5O. The van der Waals surface area contributed by atoms with Crippen LogP contribution in [0.4, 0.5) is 0 Å². The molecule has 26 heavy (non-hydrogen) atoms.